The molecular formula is C16H32N2O3. The van der Waals surface area contributed by atoms with E-state index in [-0.39, 0.29) is 23.7 Å². The highest BCUT2D eigenvalue weighted by Gasteiger charge is 2.46. The van der Waals surface area contributed by atoms with E-state index in [2.05, 4.69) is 37.6 Å². The molecule has 2 heterocycles. The fraction of sp³-hybridized carbons (Fsp3) is 1.00. The van der Waals surface area contributed by atoms with Crippen LogP contribution in [0.5, 0.6) is 0 Å². The third-order valence-corrected chi connectivity index (χ3v) is 4.72. The Morgan fingerprint density at radius 1 is 1.05 bits per heavy atom. The van der Waals surface area contributed by atoms with Gasteiger partial charge in [-0.3, -0.25) is 4.90 Å². The second kappa shape index (κ2) is 6.50. The lowest BCUT2D eigenvalue weighted by Crippen LogP contribution is -2.65. The first-order valence-electron chi connectivity index (χ1n) is 8.13. The molecule has 2 aliphatic rings. The van der Waals surface area contributed by atoms with Crippen LogP contribution in [0.1, 0.15) is 34.1 Å². The lowest BCUT2D eigenvalue weighted by atomic mass is 9.82. The summed E-state index contributed by atoms with van der Waals surface area (Å²) in [5.74, 6) is 0. The van der Waals surface area contributed by atoms with E-state index in [1.54, 1.807) is 0 Å². The molecule has 5 nitrogen and oxygen atoms in total. The average molecular weight is 300 g/mol. The minimum atomic E-state index is -0.626. The summed E-state index contributed by atoms with van der Waals surface area (Å²) in [6.07, 6.45) is -0.882. The lowest BCUT2D eigenvalue weighted by Gasteiger charge is -2.49. The van der Waals surface area contributed by atoms with Gasteiger partial charge in [-0.15, -0.1) is 0 Å². The van der Waals surface area contributed by atoms with Crippen molar-refractivity contribution in [1.29, 1.82) is 0 Å². The van der Waals surface area contributed by atoms with Gasteiger partial charge >= 0.3 is 0 Å². The predicted octanol–water partition coefficient (Wildman–Crippen LogP) is 0.548. The number of nitrogens with zero attached hydrogens (tertiary/aromatic N) is 2. The van der Waals surface area contributed by atoms with Crippen molar-refractivity contribution in [3.05, 3.63) is 0 Å². The van der Waals surface area contributed by atoms with Crippen LogP contribution in [0, 0.1) is 5.41 Å². The number of likely N-dealkylation sites (N-methyl/N-ethyl adjacent to an activating group) is 1. The molecular weight excluding hydrogens is 268 g/mol. The number of aliphatic hydroxyl groups excluding tert-OH is 2. The number of rotatable bonds is 2. The standard InChI is InChI=1S/C16H32N2O3/c1-11-14(19)13(18-8-6-17(5)7-9-18)15(20)12(21-11)10-16(2,3)4/h11-15,19-20H,6-10H2,1-5H3/t11-,12+,13+,14-,15-/m1/s1. The topological polar surface area (TPSA) is 56.2 Å². The Bertz CT molecular complexity index is 337. The summed E-state index contributed by atoms with van der Waals surface area (Å²) in [5.41, 5.74) is 0.0975. The largest absolute Gasteiger partial charge is 0.389 e. The van der Waals surface area contributed by atoms with Gasteiger partial charge in [0.05, 0.1) is 30.5 Å². The Kier molecular flexibility index (Phi) is 5.31. The Hall–Kier alpha value is -0.200. The summed E-state index contributed by atoms with van der Waals surface area (Å²) in [7, 11) is 2.11. The van der Waals surface area contributed by atoms with Crippen molar-refractivity contribution in [3.8, 4) is 0 Å². The van der Waals surface area contributed by atoms with E-state index in [0.717, 1.165) is 32.6 Å². The minimum Gasteiger partial charge on any atom is -0.389 e. The van der Waals surface area contributed by atoms with Crippen LogP contribution in [-0.4, -0.2) is 83.7 Å². The summed E-state index contributed by atoms with van der Waals surface area (Å²) < 4.78 is 5.89. The van der Waals surface area contributed by atoms with Crippen molar-refractivity contribution in [3.63, 3.8) is 0 Å². The zero-order valence-electron chi connectivity index (χ0n) is 14.1. The molecule has 2 rings (SSSR count). The molecule has 2 N–H and O–H groups in total. The first-order valence-corrected chi connectivity index (χ1v) is 8.13. The lowest BCUT2D eigenvalue weighted by molar-refractivity contribution is -0.209. The molecule has 2 fully saturated rings. The summed E-state index contributed by atoms with van der Waals surface area (Å²) in [4.78, 5) is 4.52. The molecule has 0 amide bonds. The van der Waals surface area contributed by atoms with Crippen LogP contribution in [0.4, 0.5) is 0 Å². The van der Waals surface area contributed by atoms with Crippen LogP contribution in [0.25, 0.3) is 0 Å². The Balaban J connectivity index is 2.09. The first kappa shape index (κ1) is 17.2. The van der Waals surface area contributed by atoms with Gasteiger partial charge in [-0.25, -0.2) is 0 Å². The van der Waals surface area contributed by atoms with Gasteiger partial charge in [-0.05, 0) is 25.8 Å². The van der Waals surface area contributed by atoms with E-state index in [1.807, 2.05) is 6.92 Å². The monoisotopic (exact) mass is 300 g/mol. The zero-order chi connectivity index (χ0) is 15.8. The molecule has 0 spiro atoms. The van der Waals surface area contributed by atoms with Gasteiger partial charge in [-0.1, -0.05) is 20.8 Å². The number of hydrogen-bond acceptors (Lipinski definition) is 5. The smallest absolute Gasteiger partial charge is 0.0983 e. The molecule has 0 radical (unpaired) electrons. The van der Waals surface area contributed by atoms with Crippen molar-refractivity contribution in [2.24, 2.45) is 5.41 Å². The molecule has 0 unspecified atom stereocenters. The molecule has 5 atom stereocenters. The maximum Gasteiger partial charge on any atom is 0.0983 e. The fourth-order valence-electron chi connectivity index (χ4n) is 3.46. The number of ether oxygens (including phenoxy) is 1. The van der Waals surface area contributed by atoms with E-state index in [9.17, 15) is 10.2 Å². The molecule has 0 bridgehead atoms. The molecule has 0 aromatic rings. The normalized spacial score (nSPS) is 40.4. The highest BCUT2D eigenvalue weighted by molar-refractivity contribution is 4.98. The average Bonchev–Trinajstić information content (AvgIpc) is 2.37. The molecule has 0 saturated carbocycles. The van der Waals surface area contributed by atoms with Crippen LogP contribution < -0.4 is 0 Å². The van der Waals surface area contributed by atoms with Gasteiger partial charge in [-0.2, -0.15) is 0 Å². The molecule has 0 aromatic heterocycles. The van der Waals surface area contributed by atoms with Gasteiger partial charge in [0.1, 0.15) is 0 Å². The summed E-state index contributed by atoms with van der Waals surface area (Å²) in [6.45, 7) is 12.1. The Morgan fingerprint density at radius 2 is 1.62 bits per heavy atom. The van der Waals surface area contributed by atoms with Gasteiger partial charge in [0, 0.05) is 26.2 Å². The van der Waals surface area contributed by atoms with Crippen LogP contribution >= 0.6 is 0 Å². The van der Waals surface area contributed by atoms with Gasteiger partial charge in [0.15, 0.2) is 0 Å². The maximum absolute atomic E-state index is 10.8. The number of aliphatic hydroxyl groups is 2. The third kappa shape index (κ3) is 4.17. The van der Waals surface area contributed by atoms with Crippen LogP contribution in [0.2, 0.25) is 0 Å². The Labute approximate surface area is 128 Å². The number of piperazine rings is 1. The SMILES string of the molecule is C[C@H]1O[C@@H](CC(C)(C)C)[C@@H](O)[C@@H](N2CCN(C)CC2)[C@@H]1O. The minimum absolute atomic E-state index is 0.0975. The van der Waals surface area contributed by atoms with Crippen LogP contribution in [0.15, 0.2) is 0 Å². The van der Waals surface area contributed by atoms with Gasteiger partial charge in [0.25, 0.3) is 0 Å². The molecule has 0 aromatic carbocycles. The molecule has 2 saturated heterocycles. The zero-order valence-corrected chi connectivity index (χ0v) is 14.1. The summed E-state index contributed by atoms with van der Waals surface area (Å²) in [6, 6.07) is -0.213. The van der Waals surface area contributed by atoms with Crippen LogP contribution in [-0.2, 0) is 4.74 Å². The molecule has 5 heteroatoms. The highest BCUT2D eigenvalue weighted by atomic mass is 16.5. The highest BCUT2D eigenvalue weighted by Crippen LogP contribution is 2.32. The van der Waals surface area contributed by atoms with Crippen molar-refractivity contribution >= 4 is 0 Å². The second-order valence-electron chi connectivity index (χ2n) is 7.96. The Morgan fingerprint density at radius 3 is 2.14 bits per heavy atom. The predicted molar refractivity (Wildman–Crippen MR) is 83.3 cm³/mol. The first-order chi connectivity index (χ1) is 9.69. The third-order valence-electron chi connectivity index (χ3n) is 4.72. The van der Waals surface area contributed by atoms with Crippen molar-refractivity contribution in [2.45, 2.75) is 64.6 Å². The van der Waals surface area contributed by atoms with E-state index in [4.69, 9.17) is 4.74 Å². The van der Waals surface area contributed by atoms with E-state index in [0.29, 0.717) is 0 Å². The summed E-state index contributed by atoms with van der Waals surface area (Å²) in [5, 5.41) is 21.3. The molecule has 0 aliphatic carbocycles. The second-order valence-corrected chi connectivity index (χ2v) is 7.96. The quantitative estimate of drug-likeness (QED) is 0.780. The molecule has 124 valence electrons. The molecule has 2 aliphatic heterocycles. The molecule has 21 heavy (non-hydrogen) atoms. The van der Waals surface area contributed by atoms with Crippen molar-refractivity contribution < 1.29 is 14.9 Å². The van der Waals surface area contributed by atoms with Gasteiger partial charge in [0.2, 0.25) is 0 Å². The van der Waals surface area contributed by atoms with Crippen molar-refractivity contribution in [2.75, 3.05) is 33.2 Å². The van der Waals surface area contributed by atoms with Crippen molar-refractivity contribution in [1.82, 2.24) is 9.80 Å². The van der Waals surface area contributed by atoms with E-state index in [1.165, 1.54) is 0 Å². The number of hydrogen-bond donors (Lipinski definition) is 2. The summed E-state index contributed by atoms with van der Waals surface area (Å²) >= 11 is 0. The maximum atomic E-state index is 10.8. The fourth-order valence-corrected chi connectivity index (χ4v) is 3.46. The van der Waals surface area contributed by atoms with E-state index >= 15 is 0 Å². The van der Waals surface area contributed by atoms with Crippen LogP contribution in [0.3, 0.4) is 0 Å². The van der Waals surface area contributed by atoms with Gasteiger partial charge < -0.3 is 19.8 Å². The van der Waals surface area contributed by atoms with E-state index < -0.39 is 12.2 Å².